The van der Waals surface area contributed by atoms with Crippen LogP contribution < -0.4 is 0 Å². The Morgan fingerprint density at radius 2 is 1.30 bits per heavy atom. The van der Waals surface area contributed by atoms with Crippen molar-refractivity contribution in [3.63, 3.8) is 0 Å². The number of hydrogen-bond acceptors (Lipinski definition) is 2. The van der Waals surface area contributed by atoms with Gasteiger partial charge >= 0.3 is 0 Å². The predicted octanol–water partition coefficient (Wildman–Crippen LogP) is 13.3. The highest BCUT2D eigenvalue weighted by atomic mass is 15.2. The molecule has 0 amide bonds. The Bertz CT molecular complexity index is 2660. The van der Waals surface area contributed by atoms with Crippen LogP contribution in [0.3, 0.4) is 0 Å². The molecular formula is C53H45N3. The monoisotopic (exact) mass is 723 g/mol. The summed E-state index contributed by atoms with van der Waals surface area (Å²) in [6.07, 6.45) is 19.5. The Morgan fingerprint density at radius 1 is 0.607 bits per heavy atom. The highest BCUT2D eigenvalue weighted by Gasteiger charge is 2.43. The molecule has 0 saturated carbocycles. The molecule has 0 N–H and O–H groups in total. The lowest BCUT2D eigenvalue weighted by Gasteiger charge is -2.39. The van der Waals surface area contributed by atoms with E-state index in [0.29, 0.717) is 23.8 Å². The van der Waals surface area contributed by atoms with E-state index in [4.69, 9.17) is 4.98 Å². The molecule has 3 heterocycles. The number of nitrogens with zero attached hydrogens (tertiary/aromatic N) is 3. The van der Waals surface area contributed by atoms with Gasteiger partial charge < -0.3 is 9.47 Å². The lowest BCUT2D eigenvalue weighted by molar-refractivity contribution is 0.268. The first-order valence-electron chi connectivity index (χ1n) is 20.5. The van der Waals surface area contributed by atoms with Crippen molar-refractivity contribution in [2.24, 2.45) is 5.92 Å². The summed E-state index contributed by atoms with van der Waals surface area (Å²) in [5.41, 5.74) is 15.3. The van der Waals surface area contributed by atoms with Gasteiger partial charge in [-0.3, -0.25) is 0 Å². The molecule has 2 aromatic heterocycles. The highest BCUT2D eigenvalue weighted by Crippen LogP contribution is 2.50. The fourth-order valence-corrected chi connectivity index (χ4v) is 10.2. The SMILES string of the molecule is C1=CC2=C(CC1)C1C=CC(c3ccc4c(c3)c3ccccc3n4-c3cc(-c4ccccc4)nc(-c4ccccc4)c3)CC1N2C1=CCC(c2ccccc2)CC1. The summed E-state index contributed by atoms with van der Waals surface area (Å²) in [4.78, 5) is 7.98. The molecule has 4 aliphatic rings. The molecule has 56 heavy (non-hydrogen) atoms. The summed E-state index contributed by atoms with van der Waals surface area (Å²) in [6.45, 7) is 0. The van der Waals surface area contributed by atoms with Crippen LogP contribution in [0.4, 0.5) is 0 Å². The van der Waals surface area contributed by atoms with Crippen LogP contribution in [-0.2, 0) is 0 Å². The van der Waals surface area contributed by atoms with Gasteiger partial charge in [-0.15, -0.1) is 0 Å². The molecule has 0 radical (unpaired) electrons. The van der Waals surface area contributed by atoms with Crippen LogP contribution >= 0.6 is 0 Å². The Balaban J connectivity index is 0.972. The van der Waals surface area contributed by atoms with E-state index < -0.39 is 0 Å². The van der Waals surface area contributed by atoms with Crippen molar-refractivity contribution in [3.05, 3.63) is 204 Å². The van der Waals surface area contributed by atoms with Gasteiger partial charge in [0.2, 0.25) is 0 Å². The molecular weight excluding hydrogens is 679 g/mol. The molecule has 3 nitrogen and oxygen atoms in total. The molecule has 0 fully saturated rings. The first kappa shape index (κ1) is 33.2. The topological polar surface area (TPSA) is 21.1 Å². The van der Waals surface area contributed by atoms with Gasteiger partial charge in [0.25, 0.3) is 0 Å². The lowest BCUT2D eigenvalue weighted by atomic mass is 9.77. The summed E-state index contributed by atoms with van der Waals surface area (Å²) < 4.78 is 2.45. The number of pyridine rings is 1. The maximum atomic E-state index is 5.19. The summed E-state index contributed by atoms with van der Waals surface area (Å²) in [5, 5.41) is 2.59. The molecule has 7 aromatic rings. The normalized spacial score (nSPS) is 21.7. The van der Waals surface area contributed by atoms with Crippen LogP contribution in [-0.4, -0.2) is 20.5 Å². The number of rotatable bonds is 6. The van der Waals surface area contributed by atoms with Crippen molar-refractivity contribution in [3.8, 4) is 28.2 Å². The van der Waals surface area contributed by atoms with Crippen LogP contribution in [0.5, 0.6) is 0 Å². The molecule has 11 rings (SSSR count). The van der Waals surface area contributed by atoms with Crippen LogP contribution in [0.2, 0.25) is 0 Å². The van der Waals surface area contributed by atoms with Gasteiger partial charge in [-0.1, -0.05) is 140 Å². The zero-order valence-electron chi connectivity index (χ0n) is 31.6. The zero-order valence-corrected chi connectivity index (χ0v) is 31.6. The highest BCUT2D eigenvalue weighted by molar-refractivity contribution is 6.09. The predicted molar refractivity (Wildman–Crippen MR) is 232 cm³/mol. The van der Waals surface area contributed by atoms with Gasteiger partial charge in [0, 0.05) is 51.2 Å². The quantitative estimate of drug-likeness (QED) is 0.159. The minimum absolute atomic E-state index is 0.354. The van der Waals surface area contributed by atoms with Crippen molar-refractivity contribution in [1.82, 2.24) is 14.5 Å². The van der Waals surface area contributed by atoms with E-state index in [1.807, 2.05) is 0 Å². The molecule has 3 aliphatic carbocycles. The van der Waals surface area contributed by atoms with Crippen molar-refractivity contribution < 1.29 is 0 Å². The summed E-state index contributed by atoms with van der Waals surface area (Å²) >= 11 is 0. The van der Waals surface area contributed by atoms with Gasteiger partial charge in [0.05, 0.1) is 28.1 Å². The molecule has 0 saturated heterocycles. The van der Waals surface area contributed by atoms with E-state index in [0.717, 1.165) is 53.9 Å². The second kappa shape index (κ2) is 13.8. The smallest absolute Gasteiger partial charge is 0.0730 e. The van der Waals surface area contributed by atoms with Crippen LogP contribution in [0, 0.1) is 5.92 Å². The van der Waals surface area contributed by atoms with Crippen LogP contribution in [0.15, 0.2) is 193 Å². The van der Waals surface area contributed by atoms with Gasteiger partial charge in [-0.2, -0.15) is 0 Å². The molecule has 4 atom stereocenters. The summed E-state index contributed by atoms with van der Waals surface area (Å²) in [5.74, 6) is 1.46. The molecule has 4 unspecified atom stereocenters. The van der Waals surface area contributed by atoms with Crippen molar-refractivity contribution in [2.75, 3.05) is 0 Å². The first-order valence-corrected chi connectivity index (χ1v) is 20.5. The van der Waals surface area contributed by atoms with Crippen molar-refractivity contribution in [1.29, 1.82) is 0 Å². The van der Waals surface area contributed by atoms with Gasteiger partial charge in [-0.05, 0) is 97.6 Å². The van der Waals surface area contributed by atoms with Crippen LogP contribution in [0.25, 0.3) is 50.0 Å². The van der Waals surface area contributed by atoms with Crippen molar-refractivity contribution >= 4 is 21.8 Å². The minimum Gasteiger partial charge on any atom is -0.341 e. The number of hydrogen-bond donors (Lipinski definition) is 0. The molecule has 272 valence electrons. The number of allylic oxidation sites excluding steroid dienone is 5. The maximum absolute atomic E-state index is 5.19. The Morgan fingerprint density at radius 3 is 2.04 bits per heavy atom. The number of para-hydroxylation sites is 1. The van der Waals surface area contributed by atoms with E-state index >= 15 is 0 Å². The van der Waals surface area contributed by atoms with Crippen LogP contribution in [0.1, 0.15) is 61.5 Å². The number of benzene rings is 5. The van der Waals surface area contributed by atoms with E-state index in [-0.39, 0.29) is 0 Å². The zero-order chi connectivity index (χ0) is 37.0. The van der Waals surface area contributed by atoms with Gasteiger partial charge in [0.15, 0.2) is 0 Å². The standard InChI is InChI=1S/C53H45N3/c1-4-14-36(15-5-1)37-24-28-42(29-25-37)55-50-22-12-10-20-44(50)46-30-26-41(33-53(46)55)40-27-31-52-47(32-40)45-21-11-13-23-51(45)56(52)43-34-48(38-16-6-2-7-17-38)54-49(35-43)39-18-8-3-9-19-39/h1-9,11-19,21-23,26-28,30-32,34-35,37,41,46,53H,10,20,24-25,29,33H2. The average Bonchev–Trinajstić information content (AvgIpc) is 3.79. The van der Waals surface area contributed by atoms with E-state index in [2.05, 4.69) is 185 Å². The van der Waals surface area contributed by atoms with Crippen molar-refractivity contribution in [2.45, 2.75) is 56.4 Å². The molecule has 3 heteroatoms. The molecule has 1 aliphatic heterocycles. The summed E-state index contributed by atoms with van der Waals surface area (Å²) in [6, 6.07) is 53.4. The molecule has 0 bridgehead atoms. The Hall–Kier alpha value is -6.19. The third kappa shape index (κ3) is 5.68. The average molecular weight is 724 g/mol. The molecule has 0 spiro atoms. The van der Waals surface area contributed by atoms with Gasteiger partial charge in [-0.25, -0.2) is 4.98 Å². The molecule has 5 aromatic carbocycles. The van der Waals surface area contributed by atoms with E-state index in [1.54, 1.807) is 11.3 Å². The Kier molecular flexibility index (Phi) is 8.19. The minimum atomic E-state index is 0.354. The number of fused-ring (bicyclic) bond motifs is 5. The Labute approximate surface area is 329 Å². The first-order chi connectivity index (χ1) is 27.8. The summed E-state index contributed by atoms with van der Waals surface area (Å²) in [7, 11) is 0. The second-order valence-electron chi connectivity index (χ2n) is 16.1. The fraction of sp³-hybridized carbons (Fsp3) is 0.189. The third-order valence-electron chi connectivity index (χ3n) is 12.9. The van der Waals surface area contributed by atoms with E-state index in [1.165, 1.54) is 51.5 Å². The maximum Gasteiger partial charge on any atom is 0.0730 e. The fourth-order valence-electron chi connectivity index (χ4n) is 10.2. The van der Waals surface area contributed by atoms with E-state index in [9.17, 15) is 0 Å². The largest absolute Gasteiger partial charge is 0.341 e. The second-order valence-corrected chi connectivity index (χ2v) is 16.1. The lowest BCUT2D eigenvalue weighted by Crippen LogP contribution is -2.36. The third-order valence-corrected chi connectivity index (χ3v) is 12.9. The van der Waals surface area contributed by atoms with Gasteiger partial charge in [0.1, 0.15) is 0 Å². The number of aromatic nitrogens is 2.